The third-order valence-electron chi connectivity index (χ3n) is 5.69. The minimum atomic E-state index is -3.48. The maximum atomic E-state index is 12.5. The van der Waals surface area contributed by atoms with Crippen molar-refractivity contribution in [2.75, 3.05) is 10.6 Å². The SMILES string of the molecule is C/C(CCc1ccccc1)=N/NC(=O)c1ccc(CN(c2ccc(C)c(C)c2)S(C)(=O)=O)cc1. The highest BCUT2D eigenvalue weighted by Crippen LogP contribution is 2.23. The highest BCUT2D eigenvalue weighted by molar-refractivity contribution is 7.92. The lowest BCUT2D eigenvalue weighted by molar-refractivity contribution is 0.0954. The smallest absolute Gasteiger partial charge is 0.267 e. The minimum absolute atomic E-state index is 0.181. The molecule has 0 aliphatic heterocycles. The van der Waals surface area contributed by atoms with Gasteiger partial charge in [0.15, 0.2) is 0 Å². The van der Waals surface area contributed by atoms with Gasteiger partial charge in [-0.3, -0.25) is 9.10 Å². The summed E-state index contributed by atoms with van der Waals surface area (Å²) < 4.78 is 26.3. The van der Waals surface area contributed by atoms with Crippen LogP contribution in [0.15, 0.2) is 77.9 Å². The molecule has 3 aromatic carbocycles. The van der Waals surface area contributed by atoms with Crippen molar-refractivity contribution in [3.63, 3.8) is 0 Å². The molecule has 0 saturated carbocycles. The second kappa shape index (κ2) is 11.1. The molecule has 3 rings (SSSR count). The molecule has 3 aromatic rings. The molecule has 0 saturated heterocycles. The van der Waals surface area contributed by atoms with Gasteiger partial charge in [-0.2, -0.15) is 5.10 Å². The van der Waals surface area contributed by atoms with Gasteiger partial charge in [-0.15, -0.1) is 0 Å². The largest absolute Gasteiger partial charge is 0.271 e. The summed E-state index contributed by atoms with van der Waals surface area (Å²) in [6.45, 7) is 6.01. The van der Waals surface area contributed by atoms with Gasteiger partial charge in [0.2, 0.25) is 10.0 Å². The van der Waals surface area contributed by atoms with Crippen LogP contribution in [0.4, 0.5) is 5.69 Å². The topological polar surface area (TPSA) is 78.8 Å². The predicted octanol–water partition coefficient (Wildman–Crippen LogP) is 5.01. The van der Waals surface area contributed by atoms with E-state index in [9.17, 15) is 13.2 Å². The molecule has 0 atom stereocenters. The Hall–Kier alpha value is -3.45. The first-order chi connectivity index (χ1) is 16.1. The Balaban J connectivity index is 1.63. The fraction of sp³-hybridized carbons (Fsp3) is 0.259. The Bertz CT molecular complexity index is 1270. The Labute approximate surface area is 202 Å². The third kappa shape index (κ3) is 7.02. The molecule has 178 valence electrons. The maximum absolute atomic E-state index is 12.5. The molecule has 0 bridgehead atoms. The van der Waals surface area contributed by atoms with Crippen molar-refractivity contribution in [3.8, 4) is 0 Å². The average Bonchev–Trinajstić information content (AvgIpc) is 2.82. The van der Waals surface area contributed by atoms with E-state index in [1.165, 1.54) is 16.1 Å². The third-order valence-corrected chi connectivity index (χ3v) is 6.83. The van der Waals surface area contributed by atoms with Crippen molar-refractivity contribution in [2.45, 2.75) is 40.2 Å². The zero-order chi connectivity index (χ0) is 24.7. The molecule has 0 spiro atoms. The van der Waals surface area contributed by atoms with E-state index in [-0.39, 0.29) is 12.5 Å². The number of anilines is 1. The summed E-state index contributed by atoms with van der Waals surface area (Å²) in [7, 11) is -3.48. The molecule has 34 heavy (non-hydrogen) atoms. The van der Waals surface area contributed by atoms with Gasteiger partial charge in [0, 0.05) is 11.3 Å². The number of carbonyl (C=O) groups excluding carboxylic acids is 1. The first-order valence-electron chi connectivity index (χ1n) is 11.1. The summed E-state index contributed by atoms with van der Waals surface area (Å²) in [6, 6.07) is 22.6. The van der Waals surface area contributed by atoms with Crippen molar-refractivity contribution in [3.05, 3.63) is 101 Å². The molecule has 0 aromatic heterocycles. The molecule has 7 heteroatoms. The van der Waals surface area contributed by atoms with E-state index in [0.717, 1.165) is 35.2 Å². The van der Waals surface area contributed by atoms with Crippen molar-refractivity contribution in [1.29, 1.82) is 0 Å². The number of nitrogens with zero attached hydrogens (tertiary/aromatic N) is 2. The molecule has 0 aliphatic rings. The monoisotopic (exact) mass is 477 g/mol. The van der Waals surface area contributed by atoms with E-state index in [2.05, 4.69) is 22.7 Å². The van der Waals surface area contributed by atoms with E-state index >= 15 is 0 Å². The zero-order valence-electron chi connectivity index (χ0n) is 20.1. The number of sulfonamides is 1. The van der Waals surface area contributed by atoms with Gasteiger partial charge in [-0.25, -0.2) is 13.8 Å². The summed E-state index contributed by atoms with van der Waals surface area (Å²) >= 11 is 0. The Morgan fingerprint density at radius 1 is 0.912 bits per heavy atom. The number of amides is 1. The lowest BCUT2D eigenvalue weighted by Crippen LogP contribution is -2.29. The maximum Gasteiger partial charge on any atom is 0.271 e. The number of rotatable bonds is 9. The second-order valence-corrected chi connectivity index (χ2v) is 10.4. The number of hydrazone groups is 1. The second-order valence-electron chi connectivity index (χ2n) is 8.51. The lowest BCUT2D eigenvalue weighted by Gasteiger charge is -2.23. The molecule has 0 unspecified atom stereocenters. The average molecular weight is 478 g/mol. The molecule has 1 N–H and O–H groups in total. The van der Waals surface area contributed by atoms with Crippen LogP contribution in [0.2, 0.25) is 0 Å². The number of nitrogens with one attached hydrogen (secondary N) is 1. The number of aryl methyl sites for hydroxylation is 3. The van der Waals surface area contributed by atoms with Crippen LogP contribution in [-0.4, -0.2) is 26.3 Å². The summed E-state index contributed by atoms with van der Waals surface area (Å²) in [5, 5.41) is 4.20. The molecular weight excluding hydrogens is 446 g/mol. The van der Waals surface area contributed by atoms with Crippen LogP contribution in [0.3, 0.4) is 0 Å². The Morgan fingerprint density at radius 3 is 2.21 bits per heavy atom. The van der Waals surface area contributed by atoms with Crippen LogP contribution in [0.5, 0.6) is 0 Å². The summed E-state index contributed by atoms with van der Waals surface area (Å²) in [6.07, 6.45) is 2.81. The van der Waals surface area contributed by atoms with Crippen LogP contribution in [0, 0.1) is 13.8 Å². The van der Waals surface area contributed by atoms with Crippen LogP contribution in [0.25, 0.3) is 0 Å². The Kier molecular flexibility index (Phi) is 8.23. The van der Waals surface area contributed by atoms with Gasteiger partial charge in [0.25, 0.3) is 5.91 Å². The Morgan fingerprint density at radius 2 is 1.59 bits per heavy atom. The van der Waals surface area contributed by atoms with Crippen molar-refractivity contribution in [2.24, 2.45) is 5.10 Å². The van der Waals surface area contributed by atoms with Gasteiger partial charge >= 0.3 is 0 Å². The quantitative estimate of drug-likeness (QED) is 0.348. The van der Waals surface area contributed by atoms with E-state index in [4.69, 9.17) is 0 Å². The highest BCUT2D eigenvalue weighted by Gasteiger charge is 2.18. The summed E-state index contributed by atoms with van der Waals surface area (Å²) in [4.78, 5) is 12.5. The van der Waals surface area contributed by atoms with Crippen LogP contribution in [-0.2, 0) is 23.0 Å². The van der Waals surface area contributed by atoms with E-state index in [1.54, 1.807) is 24.3 Å². The van der Waals surface area contributed by atoms with Gasteiger partial charge in [-0.05, 0) is 80.1 Å². The highest BCUT2D eigenvalue weighted by atomic mass is 32.2. The van der Waals surface area contributed by atoms with Crippen LogP contribution < -0.4 is 9.73 Å². The first kappa shape index (κ1) is 25.2. The lowest BCUT2D eigenvalue weighted by atomic mass is 10.1. The molecule has 6 nitrogen and oxygen atoms in total. The molecule has 0 radical (unpaired) electrons. The number of carbonyl (C=O) groups is 1. The van der Waals surface area contributed by atoms with Gasteiger partial charge < -0.3 is 0 Å². The van der Waals surface area contributed by atoms with E-state index in [0.29, 0.717) is 11.3 Å². The number of benzene rings is 3. The van der Waals surface area contributed by atoms with Crippen LogP contribution >= 0.6 is 0 Å². The summed E-state index contributed by atoms with van der Waals surface area (Å²) in [5.41, 5.74) is 8.65. The standard InChI is InChI=1S/C27H31N3O3S/c1-20-10-17-26(18-21(20)2)30(34(4,32)33)19-24-13-15-25(16-14-24)27(31)29-28-22(3)11-12-23-8-6-5-7-9-23/h5-10,13-18H,11-12,19H2,1-4H3,(H,29,31)/b28-22-. The van der Waals surface area contributed by atoms with Crippen molar-refractivity contribution in [1.82, 2.24) is 5.43 Å². The molecular formula is C27H31N3O3S. The van der Waals surface area contributed by atoms with Gasteiger partial charge in [0.1, 0.15) is 0 Å². The van der Waals surface area contributed by atoms with E-state index in [1.807, 2.05) is 57.2 Å². The van der Waals surface area contributed by atoms with Crippen molar-refractivity contribution >= 4 is 27.3 Å². The zero-order valence-corrected chi connectivity index (χ0v) is 20.9. The van der Waals surface area contributed by atoms with Crippen molar-refractivity contribution < 1.29 is 13.2 Å². The van der Waals surface area contributed by atoms with E-state index < -0.39 is 10.0 Å². The first-order valence-corrected chi connectivity index (χ1v) is 13.0. The van der Waals surface area contributed by atoms with Gasteiger partial charge in [0.05, 0.1) is 18.5 Å². The number of hydrogen-bond acceptors (Lipinski definition) is 4. The van der Waals surface area contributed by atoms with Gasteiger partial charge in [-0.1, -0.05) is 48.5 Å². The predicted molar refractivity (Wildman–Crippen MR) is 139 cm³/mol. The molecule has 0 aliphatic carbocycles. The fourth-order valence-corrected chi connectivity index (χ4v) is 4.32. The number of hydrogen-bond donors (Lipinski definition) is 1. The molecule has 1 amide bonds. The molecule has 0 fully saturated rings. The molecule has 0 heterocycles. The minimum Gasteiger partial charge on any atom is -0.267 e. The van der Waals surface area contributed by atoms with Crippen LogP contribution in [0.1, 0.15) is 46.0 Å². The fourth-order valence-electron chi connectivity index (χ4n) is 3.44. The summed E-state index contributed by atoms with van der Waals surface area (Å²) in [5.74, 6) is -0.306. The normalized spacial score (nSPS) is 11.8.